The van der Waals surface area contributed by atoms with Gasteiger partial charge in [0.15, 0.2) is 11.6 Å². The third kappa shape index (κ3) is 1.92. The summed E-state index contributed by atoms with van der Waals surface area (Å²) in [5.74, 6) is 1.09. The minimum Gasteiger partial charge on any atom is -0.382 e. The Labute approximate surface area is 115 Å². The van der Waals surface area contributed by atoms with E-state index in [2.05, 4.69) is 15.0 Å². The summed E-state index contributed by atoms with van der Waals surface area (Å²) < 4.78 is 2.05. The topological polar surface area (TPSA) is 69.6 Å². The van der Waals surface area contributed by atoms with Crippen molar-refractivity contribution < 1.29 is 0 Å². The molecule has 19 heavy (non-hydrogen) atoms. The van der Waals surface area contributed by atoms with Crippen molar-refractivity contribution in [2.75, 3.05) is 5.73 Å². The third-order valence-corrected chi connectivity index (χ3v) is 3.20. The van der Waals surface area contributed by atoms with Crippen LogP contribution in [0, 0.1) is 0 Å². The third-order valence-electron chi connectivity index (χ3n) is 2.96. The summed E-state index contributed by atoms with van der Waals surface area (Å²) in [5, 5.41) is 0.659. The Morgan fingerprint density at radius 1 is 1.26 bits per heavy atom. The summed E-state index contributed by atoms with van der Waals surface area (Å²) >= 11 is 6.00. The van der Waals surface area contributed by atoms with Crippen LogP contribution in [0.25, 0.3) is 22.6 Å². The van der Waals surface area contributed by atoms with Crippen molar-refractivity contribution in [2.45, 2.75) is 13.5 Å². The number of benzene rings is 1. The number of nitrogens with two attached hydrogens (primary N) is 1. The van der Waals surface area contributed by atoms with Gasteiger partial charge >= 0.3 is 0 Å². The number of halogens is 1. The van der Waals surface area contributed by atoms with Crippen LogP contribution in [0.3, 0.4) is 0 Å². The number of nitrogens with zero attached hydrogens (tertiary/aromatic N) is 4. The van der Waals surface area contributed by atoms with Gasteiger partial charge in [0.1, 0.15) is 5.69 Å². The minimum absolute atomic E-state index is 0.374. The second-order valence-electron chi connectivity index (χ2n) is 4.10. The number of hydrogen-bond donors (Lipinski definition) is 1. The average Bonchev–Trinajstić information content (AvgIpc) is 2.76. The van der Waals surface area contributed by atoms with Gasteiger partial charge in [-0.2, -0.15) is 0 Å². The van der Waals surface area contributed by atoms with Crippen LogP contribution in [0.5, 0.6) is 0 Å². The molecule has 2 aromatic heterocycles. The quantitative estimate of drug-likeness (QED) is 0.779. The lowest BCUT2D eigenvalue weighted by Gasteiger charge is -2.06. The number of aromatic nitrogens is 4. The summed E-state index contributed by atoms with van der Waals surface area (Å²) in [6.45, 7) is 2.81. The van der Waals surface area contributed by atoms with E-state index >= 15 is 0 Å². The second kappa shape index (κ2) is 4.51. The van der Waals surface area contributed by atoms with E-state index in [0.717, 1.165) is 17.6 Å². The van der Waals surface area contributed by atoms with Crippen LogP contribution in [0.15, 0.2) is 30.6 Å². The summed E-state index contributed by atoms with van der Waals surface area (Å²) in [5.41, 5.74) is 8.30. The summed E-state index contributed by atoms with van der Waals surface area (Å²) in [7, 11) is 0. The number of hydrogen-bond acceptors (Lipinski definition) is 4. The standard InChI is InChI=1S/C13H12ClN5/c1-2-19-10-4-3-8(14)7-9(10)18-13(19)11-12(15)17-6-5-16-11/h3-7H,2H2,1H3,(H2,15,17). The van der Waals surface area contributed by atoms with Gasteiger partial charge in [0.25, 0.3) is 0 Å². The number of aryl methyl sites for hydroxylation is 1. The van der Waals surface area contributed by atoms with Gasteiger partial charge in [-0.15, -0.1) is 0 Å². The highest BCUT2D eigenvalue weighted by molar-refractivity contribution is 6.31. The highest BCUT2D eigenvalue weighted by atomic mass is 35.5. The fourth-order valence-corrected chi connectivity index (χ4v) is 2.29. The largest absolute Gasteiger partial charge is 0.382 e. The van der Waals surface area contributed by atoms with Crippen LogP contribution < -0.4 is 5.73 Å². The molecule has 2 heterocycles. The van der Waals surface area contributed by atoms with E-state index in [4.69, 9.17) is 17.3 Å². The van der Waals surface area contributed by atoms with Crippen LogP contribution in [-0.4, -0.2) is 19.5 Å². The lowest BCUT2D eigenvalue weighted by Crippen LogP contribution is -2.03. The summed E-state index contributed by atoms with van der Waals surface area (Å²) in [6.07, 6.45) is 3.17. The zero-order valence-electron chi connectivity index (χ0n) is 10.3. The predicted octanol–water partition coefficient (Wildman–Crippen LogP) is 2.75. The number of nitrogen functional groups attached to an aromatic ring is 1. The Morgan fingerprint density at radius 3 is 2.79 bits per heavy atom. The van der Waals surface area contributed by atoms with Gasteiger partial charge in [-0.05, 0) is 25.1 Å². The number of anilines is 1. The molecule has 0 bridgehead atoms. The maximum absolute atomic E-state index is 6.00. The van der Waals surface area contributed by atoms with Gasteiger partial charge in [-0.3, -0.25) is 0 Å². The van der Waals surface area contributed by atoms with Gasteiger partial charge in [0.2, 0.25) is 0 Å². The van der Waals surface area contributed by atoms with Crippen molar-refractivity contribution in [3.05, 3.63) is 35.6 Å². The molecular weight excluding hydrogens is 262 g/mol. The molecule has 0 aliphatic carbocycles. The molecule has 0 saturated carbocycles. The first-order valence-corrected chi connectivity index (χ1v) is 6.31. The van der Waals surface area contributed by atoms with E-state index in [0.29, 0.717) is 22.4 Å². The van der Waals surface area contributed by atoms with Crippen molar-refractivity contribution in [3.8, 4) is 11.5 Å². The van der Waals surface area contributed by atoms with Crippen molar-refractivity contribution in [1.82, 2.24) is 19.5 Å². The number of fused-ring (bicyclic) bond motifs is 1. The maximum atomic E-state index is 6.00. The molecule has 0 amide bonds. The average molecular weight is 274 g/mol. The molecule has 6 heteroatoms. The fraction of sp³-hybridized carbons (Fsp3) is 0.154. The minimum atomic E-state index is 0.374. The molecule has 3 rings (SSSR count). The fourth-order valence-electron chi connectivity index (χ4n) is 2.12. The lowest BCUT2D eigenvalue weighted by atomic mass is 10.3. The molecule has 1 aromatic carbocycles. The molecule has 3 aromatic rings. The molecule has 2 N–H and O–H groups in total. The Kier molecular flexibility index (Phi) is 2.83. The highest BCUT2D eigenvalue weighted by Crippen LogP contribution is 2.27. The molecule has 5 nitrogen and oxygen atoms in total. The zero-order chi connectivity index (χ0) is 13.4. The van der Waals surface area contributed by atoms with E-state index in [1.165, 1.54) is 0 Å². The first kappa shape index (κ1) is 11.9. The highest BCUT2D eigenvalue weighted by Gasteiger charge is 2.15. The molecule has 0 aliphatic rings. The second-order valence-corrected chi connectivity index (χ2v) is 4.54. The smallest absolute Gasteiger partial charge is 0.163 e. The molecule has 0 fully saturated rings. The first-order chi connectivity index (χ1) is 9.20. The SMILES string of the molecule is CCn1c(-c2nccnc2N)nc2cc(Cl)ccc21. The maximum Gasteiger partial charge on any atom is 0.163 e. The normalized spacial score (nSPS) is 11.1. The van der Waals surface area contributed by atoms with Gasteiger partial charge in [0, 0.05) is 24.0 Å². The van der Waals surface area contributed by atoms with E-state index < -0.39 is 0 Å². The van der Waals surface area contributed by atoms with Gasteiger partial charge in [-0.25, -0.2) is 15.0 Å². The Hall–Kier alpha value is -2.14. The van der Waals surface area contributed by atoms with Crippen molar-refractivity contribution in [2.24, 2.45) is 0 Å². The van der Waals surface area contributed by atoms with E-state index in [1.54, 1.807) is 12.4 Å². The first-order valence-electron chi connectivity index (χ1n) is 5.93. The van der Waals surface area contributed by atoms with Crippen LogP contribution >= 0.6 is 11.6 Å². The summed E-state index contributed by atoms with van der Waals surface area (Å²) in [6, 6.07) is 5.63. The molecule has 0 atom stereocenters. The Bertz CT molecular complexity index is 750. The van der Waals surface area contributed by atoms with E-state index in [-0.39, 0.29) is 0 Å². The van der Waals surface area contributed by atoms with E-state index in [9.17, 15) is 0 Å². The number of rotatable bonds is 2. The van der Waals surface area contributed by atoms with Crippen LogP contribution in [0.2, 0.25) is 5.02 Å². The van der Waals surface area contributed by atoms with Crippen LogP contribution in [0.4, 0.5) is 5.82 Å². The molecule has 0 saturated heterocycles. The van der Waals surface area contributed by atoms with Gasteiger partial charge in [0.05, 0.1) is 11.0 Å². The molecule has 96 valence electrons. The number of imidazole rings is 1. The summed E-state index contributed by atoms with van der Waals surface area (Å²) in [4.78, 5) is 12.9. The molecular formula is C13H12ClN5. The molecule has 0 spiro atoms. The molecule has 0 unspecified atom stereocenters. The van der Waals surface area contributed by atoms with Crippen molar-refractivity contribution >= 4 is 28.5 Å². The van der Waals surface area contributed by atoms with Gasteiger partial charge < -0.3 is 10.3 Å². The van der Waals surface area contributed by atoms with Crippen molar-refractivity contribution in [3.63, 3.8) is 0 Å². The Balaban J connectivity index is 2.32. The van der Waals surface area contributed by atoms with E-state index in [1.807, 2.05) is 29.7 Å². The Morgan fingerprint density at radius 2 is 2.05 bits per heavy atom. The monoisotopic (exact) mass is 273 g/mol. The van der Waals surface area contributed by atoms with Gasteiger partial charge in [-0.1, -0.05) is 11.6 Å². The predicted molar refractivity (Wildman–Crippen MR) is 75.9 cm³/mol. The van der Waals surface area contributed by atoms with Crippen LogP contribution in [0.1, 0.15) is 6.92 Å². The van der Waals surface area contributed by atoms with Crippen LogP contribution in [-0.2, 0) is 6.54 Å². The zero-order valence-corrected chi connectivity index (χ0v) is 11.1. The molecule has 0 aliphatic heterocycles. The lowest BCUT2D eigenvalue weighted by molar-refractivity contribution is 0.793. The molecule has 0 radical (unpaired) electrons. The van der Waals surface area contributed by atoms with Crippen molar-refractivity contribution in [1.29, 1.82) is 0 Å².